The first-order valence-corrected chi connectivity index (χ1v) is 11.7. The van der Waals surface area contributed by atoms with Crippen LogP contribution in [-0.2, 0) is 0 Å². The third-order valence-corrected chi connectivity index (χ3v) is 6.49. The maximum absolute atomic E-state index is 13.1. The number of aromatic amines is 1. The van der Waals surface area contributed by atoms with Crippen LogP contribution in [0, 0.1) is 0 Å². The van der Waals surface area contributed by atoms with Gasteiger partial charge in [0.2, 0.25) is 0 Å². The van der Waals surface area contributed by atoms with Crippen LogP contribution in [0.4, 0.5) is 10.6 Å². The Bertz CT molecular complexity index is 1260. The van der Waals surface area contributed by atoms with Crippen molar-refractivity contribution in [2.75, 3.05) is 24.5 Å². The summed E-state index contributed by atoms with van der Waals surface area (Å²) in [4.78, 5) is 33.8. The lowest BCUT2D eigenvalue weighted by Gasteiger charge is -2.41. The number of fused-ring (bicyclic) bond motifs is 1. The number of benzene rings is 1. The summed E-state index contributed by atoms with van der Waals surface area (Å²) in [6.07, 6.45) is 6.00. The third kappa shape index (κ3) is 4.31. The number of carbonyl (C=O) groups is 1. The molecular weight excluding hydrogens is 426 g/mol. The van der Waals surface area contributed by atoms with Crippen molar-refractivity contribution < 1.29 is 4.79 Å². The first kappa shape index (κ1) is 21.9. The van der Waals surface area contributed by atoms with E-state index in [1.54, 1.807) is 18.7 Å². The SMILES string of the molecule is CCC(NC(=O)N1CCN(c2ncnc3[nH]c(-c4ccncc4)cc23)C[C@@H]1C)c1ccccc1. The smallest absolute Gasteiger partial charge is 0.318 e. The van der Waals surface area contributed by atoms with Crippen LogP contribution >= 0.6 is 0 Å². The van der Waals surface area contributed by atoms with E-state index in [-0.39, 0.29) is 18.1 Å². The van der Waals surface area contributed by atoms with E-state index in [1.807, 2.05) is 35.2 Å². The number of nitrogens with one attached hydrogen (secondary N) is 2. The summed E-state index contributed by atoms with van der Waals surface area (Å²) in [5.41, 5.74) is 3.97. The van der Waals surface area contributed by atoms with E-state index in [0.29, 0.717) is 19.6 Å². The fraction of sp³-hybridized carbons (Fsp3) is 0.308. The Morgan fingerprint density at radius 1 is 1.15 bits per heavy atom. The second-order valence-corrected chi connectivity index (χ2v) is 8.69. The molecule has 2 N–H and O–H groups in total. The number of nitrogens with zero attached hydrogens (tertiary/aromatic N) is 5. The second kappa shape index (κ2) is 9.51. The molecule has 0 spiro atoms. The number of hydrogen-bond donors (Lipinski definition) is 2. The average Bonchev–Trinajstić information content (AvgIpc) is 3.33. The van der Waals surface area contributed by atoms with Crippen LogP contribution in [0.5, 0.6) is 0 Å². The number of H-pyrrole nitrogens is 1. The highest BCUT2D eigenvalue weighted by atomic mass is 16.2. The Morgan fingerprint density at radius 2 is 1.94 bits per heavy atom. The van der Waals surface area contributed by atoms with Gasteiger partial charge in [-0.2, -0.15) is 0 Å². The number of anilines is 1. The van der Waals surface area contributed by atoms with Crippen molar-refractivity contribution in [2.45, 2.75) is 32.4 Å². The summed E-state index contributed by atoms with van der Waals surface area (Å²) in [7, 11) is 0. The quantitative estimate of drug-likeness (QED) is 0.466. The number of aromatic nitrogens is 4. The monoisotopic (exact) mass is 455 g/mol. The lowest BCUT2D eigenvalue weighted by Crippen LogP contribution is -2.57. The van der Waals surface area contributed by atoms with Crippen LogP contribution < -0.4 is 10.2 Å². The molecule has 174 valence electrons. The molecule has 1 unspecified atom stereocenters. The summed E-state index contributed by atoms with van der Waals surface area (Å²) in [6.45, 7) is 6.23. The molecule has 0 radical (unpaired) electrons. The zero-order valence-corrected chi connectivity index (χ0v) is 19.5. The van der Waals surface area contributed by atoms with Crippen molar-refractivity contribution in [1.29, 1.82) is 0 Å². The normalized spacial score (nSPS) is 17.1. The Balaban J connectivity index is 1.31. The van der Waals surface area contributed by atoms with Gasteiger partial charge in [-0.1, -0.05) is 37.3 Å². The number of hydrogen-bond acceptors (Lipinski definition) is 5. The third-order valence-electron chi connectivity index (χ3n) is 6.49. The van der Waals surface area contributed by atoms with Gasteiger partial charge in [-0.05, 0) is 37.1 Å². The molecule has 0 aliphatic carbocycles. The highest BCUT2D eigenvalue weighted by Gasteiger charge is 2.30. The molecule has 1 aliphatic rings. The predicted molar refractivity (Wildman–Crippen MR) is 134 cm³/mol. The Morgan fingerprint density at radius 3 is 2.68 bits per heavy atom. The van der Waals surface area contributed by atoms with E-state index < -0.39 is 0 Å². The van der Waals surface area contributed by atoms with Crippen molar-refractivity contribution in [1.82, 2.24) is 30.2 Å². The Hall–Kier alpha value is -3.94. The minimum atomic E-state index is -0.0164. The largest absolute Gasteiger partial charge is 0.352 e. The molecule has 8 nitrogen and oxygen atoms in total. The van der Waals surface area contributed by atoms with Gasteiger partial charge >= 0.3 is 6.03 Å². The number of piperazine rings is 1. The van der Waals surface area contributed by atoms with E-state index in [1.165, 1.54) is 0 Å². The molecule has 3 aromatic heterocycles. The van der Waals surface area contributed by atoms with E-state index >= 15 is 0 Å². The van der Waals surface area contributed by atoms with Gasteiger partial charge in [-0.15, -0.1) is 0 Å². The van der Waals surface area contributed by atoms with E-state index in [9.17, 15) is 4.79 Å². The molecular formula is C26H29N7O. The highest BCUT2D eigenvalue weighted by molar-refractivity contribution is 5.92. The fourth-order valence-electron chi connectivity index (χ4n) is 4.66. The van der Waals surface area contributed by atoms with Crippen molar-refractivity contribution in [3.63, 3.8) is 0 Å². The van der Waals surface area contributed by atoms with Crippen molar-refractivity contribution in [2.24, 2.45) is 0 Å². The van der Waals surface area contributed by atoms with E-state index in [2.05, 4.69) is 62.2 Å². The van der Waals surface area contributed by atoms with E-state index in [4.69, 9.17) is 0 Å². The lowest BCUT2D eigenvalue weighted by atomic mass is 10.0. The molecule has 8 heteroatoms. The van der Waals surface area contributed by atoms with Gasteiger partial charge in [-0.25, -0.2) is 14.8 Å². The summed E-state index contributed by atoms with van der Waals surface area (Å²) in [6, 6.07) is 16.2. The maximum atomic E-state index is 13.1. The minimum absolute atomic E-state index is 0.00637. The molecule has 0 bridgehead atoms. The molecule has 5 rings (SSSR count). The summed E-state index contributed by atoms with van der Waals surface area (Å²) in [5.74, 6) is 0.893. The van der Waals surface area contributed by atoms with E-state index in [0.717, 1.165) is 40.1 Å². The fourth-order valence-corrected chi connectivity index (χ4v) is 4.66. The van der Waals surface area contributed by atoms with Gasteiger partial charge in [0.05, 0.1) is 11.4 Å². The van der Waals surface area contributed by atoms with Crippen molar-refractivity contribution in [3.8, 4) is 11.3 Å². The van der Waals surface area contributed by atoms with Gasteiger partial charge in [0.25, 0.3) is 0 Å². The minimum Gasteiger partial charge on any atom is -0.352 e. The molecule has 2 atom stereocenters. The van der Waals surface area contributed by atoms with Gasteiger partial charge < -0.3 is 20.1 Å². The standard InChI is InChI=1S/C26H29N7O/c1-3-22(19-7-5-4-6-8-19)31-26(34)33-14-13-32(16-18(33)2)25-21-15-23(20-9-11-27-12-10-20)30-24(21)28-17-29-25/h4-12,15,17-18,22H,3,13-14,16H2,1-2H3,(H,31,34)(H,28,29,30)/t18-,22?/m0/s1. The van der Waals surface area contributed by atoms with Gasteiger partial charge in [0, 0.05) is 49.3 Å². The highest BCUT2D eigenvalue weighted by Crippen LogP contribution is 2.30. The van der Waals surface area contributed by atoms with Gasteiger partial charge in [-0.3, -0.25) is 4.98 Å². The first-order chi connectivity index (χ1) is 16.6. The van der Waals surface area contributed by atoms with Crippen LogP contribution in [0.15, 0.2) is 67.3 Å². The van der Waals surface area contributed by atoms with Crippen molar-refractivity contribution in [3.05, 3.63) is 72.8 Å². The molecule has 2 amide bonds. The van der Waals surface area contributed by atoms with Crippen LogP contribution in [0.25, 0.3) is 22.3 Å². The Labute approximate surface area is 199 Å². The van der Waals surface area contributed by atoms with Crippen LogP contribution in [-0.4, -0.2) is 56.5 Å². The molecule has 1 aromatic carbocycles. The second-order valence-electron chi connectivity index (χ2n) is 8.69. The number of rotatable bonds is 5. The molecule has 0 saturated carbocycles. The zero-order valence-electron chi connectivity index (χ0n) is 19.5. The lowest BCUT2D eigenvalue weighted by molar-refractivity contribution is 0.167. The molecule has 1 aliphatic heterocycles. The first-order valence-electron chi connectivity index (χ1n) is 11.7. The van der Waals surface area contributed by atoms with Gasteiger partial charge in [0.1, 0.15) is 17.8 Å². The van der Waals surface area contributed by atoms with Crippen molar-refractivity contribution >= 4 is 22.9 Å². The Kier molecular flexibility index (Phi) is 6.12. The summed E-state index contributed by atoms with van der Waals surface area (Å²) in [5, 5.41) is 4.20. The summed E-state index contributed by atoms with van der Waals surface area (Å²) >= 11 is 0. The number of amides is 2. The number of urea groups is 1. The zero-order chi connectivity index (χ0) is 23.5. The molecule has 1 fully saturated rings. The predicted octanol–water partition coefficient (Wildman–Crippen LogP) is 4.39. The topological polar surface area (TPSA) is 90.0 Å². The number of carbonyl (C=O) groups excluding carboxylic acids is 1. The molecule has 1 saturated heterocycles. The molecule has 4 aromatic rings. The molecule has 4 heterocycles. The van der Waals surface area contributed by atoms with Crippen LogP contribution in [0.1, 0.15) is 31.9 Å². The maximum Gasteiger partial charge on any atom is 0.318 e. The van der Waals surface area contributed by atoms with Gasteiger partial charge in [0.15, 0.2) is 0 Å². The van der Waals surface area contributed by atoms with Crippen LogP contribution in [0.3, 0.4) is 0 Å². The number of pyridine rings is 1. The van der Waals surface area contributed by atoms with Crippen LogP contribution in [0.2, 0.25) is 0 Å². The summed E-state index contributed by atoms with van der Waals surface area (Å²) < 4.78 is 0. The molecule has 34 heavy (non-hydrogen) atoms. The average molecular weight is 456 g/mol.